The summed E-state index contributed by atoms with van der Waals surface area (Å²) in [6.07, 6.45) is 1.81. The van der Waals surface area contributed by atoms with E-state index in [0.717, 1.165) is 22.4 Å². The largest absolute Gasteiger partial charge is 0.482 e. The van der Waals surface area contributed by atoms with Gasteiger partial charge in [-0.25, -0.2) is 0 Å². The molecule has 0 aliphatic carbocycles. The third-order valence-electron chi connectivity index (χ3n) is 4.78. The molecule has 1 amide bonds. The molecule has 1 aliphatic heterocycles. The first-order valence-electron chi connectivity index (χ1n) is 8.82. The van der Waals surface area contributed by atoms with Gasteiger partial charge in [-0.15, -0.1) is 0 Å². The van der Waals surface area contributed by atoms with Gasteiger partial charge in [0, 0.05) is 18.8 Å². The van der Waals surface area contributed by atoms with Crippen molar-refractivity contribution >= 4 is 11.6 Å². The molecule has 3 aromatic rings. The lowest BCUT2D eigenvalue weighted by Crippen LogP contribution is -2.38. The first kappa shape index (κ1) is 17.1. The number of rotatable bonds is 3. The normalized spacial score (nSPS) is 13.3. The number of nitrogens with zero attached hydrogens (tertiary/aromatic N) is 2. The summed E-state index contributed by atoms with van der Waals surface area (Å²) >= 11 is 0. The lowest BCUT2D eigenvalue weighted by atomic mass is 10.0. The minimum Gasteiger partial charge on any atom is -0.482 e. The molecule has 0 atom stereocenters. The van der Waals surface area contributed by atoms with Gasteiger partial charge in [0.2, 0.25) is 0 Å². The Morgan fingerprint density at radius 3 is 2.52 bits per heavy atom. The van der Waals surface area contributed by atoms with Gasteiger partial charge in [-0.3, -0.25) is 9.59 Å². The van der Waals surface area contributed by atoms with Gasteiger partial charge >= 0.3 is 0 Å². The summed E-state index contributed by atoms with van der Waals surface area (Å²) in [6.45, 7) is 2.34. The van der Waals surface area contributed by atoms with Gasteiger partial charge in [-0.2, -0.15) is 0 Å². The summed E-state index contributed by atoms with van der Waals surface area (Å²) in [7, 11) is 1.74. The number of aryl methyl sites for hydroxylation is 2. The van der Waals surface area contributed by atoms with Crippen molar-refractivity contribution < 1.29 is 9.53 Å². The molecular formula is C22H20N2O3. The van der Waals surface area contributed by atoms with Crippen molar-refractivity contribution in [1.29, 1.82) is 0 Å². The van der Waals surface area contributed by atoms with Crippen LogP contribution in [-0.4, -0.2) is 17.1 Å². The Labute approximate surface area is 157 Å². The Hall–Kier alpha value is -3.34. The number of carbonyl (C=O) groups excluding carboxylic acids is 1. The molecule has 0 saturated carbocycles. The highest BCUT2D eigenvalue weighted by atomic mass is 16.5. The second-order valence-electron chi connectivity index (χ2n) is 6.76. The number of carbonyl (C=O) groups is 1. The maximum absolute atomic E-state index is 12.4. The molecule has 0 N–H and O–H groups in total. The summed E-state index contributed by atoms with van der Waals surface area (Å²) in [5.41, 5.74) is 4.40. The minimum atomic E-state index is -0.0583. The Kier molecular flexibility index (Phi) is 4.28. The maximum Gasteiger partial charge on any atom is 0.265 e. The zero-order valence-corrected chi connectivity index (χ0v) is 15.3. The fourth-order valence-electron chi connectivity index (χ4n) is 3.36. The number of anilines is 1. The molecular weight excluding hydrogens is 340 g/mol. The molecule has 0 saturated heterocycles. The third kappa shape index (κ3) is 3.24. The van der Waals surface area contributed by atoms with Crippen LogP contribution < -0.4 is 15.2 Å². The predicted molar refractivity (Wildman–Crippen MR) is 105 cm³/mol. The van der Waals surface area contributed by atoms with Gasteiger partial charge in [0.25, 0.3) is 11.5 Å². The standard InChI is InChI=1S/C22H20N2O3/c1-15-10-18(13-23(2)22(15)26)17-8-9-19-20(11-17)27-14-21(25)24(19)12-16-6-4-3-5-7-16/h3-11,13H,12,14H2,1-2H3. The quantitative estimate of drug-likeness (QED) is 0.720. The number of amides is 1. The lowest BCUT2D eigenvalue weighted by Gasteiger charge is -2.30. The van der Waals surface area contributed by atoms with Crippen molar-refractivity contribution in [1.82, 2.24) is 4.57 Å². The minimum absolute atomic E-state index is 0.00686. The monoisotopic (exact) mass is 360 g/mol. The van der Waals surface area contributed by atoms with Gasteiger partial charge < -0.3 is 14.2 Å². The second kappa shape index (κ2) is 6.76. The van der Waals surface area contributed by atoms with E-state index in [0.29, 0.717) is 17.9 Å². The molecule has 5 nitrogen and oxygen atoms in total. The Bertz CT molecular complexity index is 1040. The van der Waals surface area contributed by atoms with Crippen molar-refractivity contribution in [3.8, 4) is 16.9 Å². The highest BCUT2D eigenvalue weighted by Gasteiger charge is 2.26. The number of fused-ring (bicyclic) bond motifs is 1. The molecule has 1 aliphatic rings. The summed E-state index contributed by atoms with van der Waals surface area (Å²) in [5, 5.41) is 0. The van der Waals surface area contributed by atoms with E-state index in [-0.39, 0.29) is 18.1 Å². The number of benzene rings is 2. The van der Waals surface area contributed by atoms with Crippen LogP contribution in [0.2, 0.25) is 0 Å². The molecule has 27 heavy (non-hydrogen) atoms. The van der Waals surface area contributed by atoms with E-state index in [1.807, 2.05) is 60.8 Å². The molecule has 1 aromatic heterocycles. The predicted octanol–water partition coefficient (Wildman–Crippen LogP) is 3.29. The van der Waals surface area contributed by atoms with Gasteiger partial charge in [0.1, 0.15) is 5.75 Å². The highest BCUT2D eigenvalue weighted by Crippen LogP contribution is 2.36. The maximum atomic E-state index is 12.4. The van der Waals surface area contributed by atoms with Crippen molar-refractivity contribution in [3.05, 3.63) is 82.3 Å². The van der Waals surface area contributed by atoms with E-state index in [1.165, 1.54) is 0 Å². The third-order valence-corrected chi connectivity index (χ3v) is 4.78. The second-order valence-corrected chi connectivity index (χ2v) is 6.76. The van der Waals surface area contributed by atoms with Crippen LogP contribution in [0.4, 0.5) is 5.69 Å². The fourth-order valence-corrected chi connectivity index (χ4v) is 3.36. The summed E-state index contributed by atoms with van der Waals surface area (Å²) in [5.74, 6) is 0.617. The molecule has 0 radical (unpaired) electrons. The summed E-state index contributed by atoms with van der Waals surface area (Å²) < 4.78 is 7.27. The van der Waals surface area contributed by atoms with Crippen LogP contribution in [0.25, 0.3) is 11.1 Å². The number of ether oxygens (including phenoxy) is 1. The van der Waals surface area contributed by atoms with Crippen LogP contribution in [-0.2, 0) is 18.4 Å². The highest BCUT2D eigenvalue weighted by molar-refractivity contribution is 5.98. The van der Waals surface area contributed by atoms with Crippen LogP contribution in [0.3, 0.4) is 0 Å². The van der Waals surface area contributed by atoms with Crippen molar-refractivity contribution in [3.63, 3.8) is 0 Å². The topological polar surface area (TPSA) is 51.5 Å². The fraction of sp³-hybridized carbons (Fsp3) is 0.182. The van der Waals surface area contributed by atoms with Gasteiger partial charge in [0.05, 0.1) is 12.2 Å². The van der Waals surface area contributed by atoms with E-state index < -0.39 is 0 Å². The first-order chi connectivity index (χ1) is 13.0. The van der Waals surface area contributed by atoms with Crippen LogP contribution in [0.15, 0.2) is 65.6 Å². The van der Waals surface area contributed by atoms with Crippen molar-refractivity contribution in [2.75, 3.05) is 11.5 Å². The molecule has 4 rings (SSSR count). The van der Waals surface area contributed by atoms with Gasteiger partial charge in [0.15, 0.2) is 6.61 Å². The van der Waals surface area contributed by atoms with E-state index in [9.17, 15) is 9.59 Å². The van der Waals surface area contributed by atoms with E-state index in [1.54, 1.807) is 23.4 Å². The number of pyridine rings is 1. The smallest absolute Gasteiger partial charge is 0.265 e. The molecule has 0 unspecified atom stereocenters. The molecule has 2 aromatic carbocycles. The molecule has 0 fully saturated rings. The Balaban J connectivity index is 1.72. The van der Waals surface area contributed by atoms with E-state index in [4.69, 9.17) is 4.74 Å². The average Bonchev–Trinajstić information content (AvgIpc) is 2.68. The van der Waals surface area contributed by atoms with Crippen molar-refractivity contribution in [2.24, 2.45) is 7.05 Å². The Morgan fingerprint density at radius 2 is 1.78 bits per heavy atom. The van der Waals surface area contributed by atoms with E-state index in [2.05, 4.69) is 0 Å². The van der Waals surface area contributed by atoms with E-state index >= 15 is 0 Å². The van der Waals surface area contributed by atoms with Crippen LogP contribution in [0.1, 0.15) is 11.1 Å². The van der Waals surface area contributed by atoms with Gasteiger partial charge in [-0.05, 0) is 41.8 Å². The molecule has 0 spiro atoms. The molecule has 136 valence electrons. The summed E-state index contributed by atoms with van der Waals surface area (Å²) in [6, 6.07) is 17.6. The number of hydrogen-bond acceptors (Lipinski definition) is 3. The number of aromatic nitrogens is 1. The zero-order chi connectivity index (χ0) is 19.0. The summed E-state index contributed by atoms with van der Waals surface area (Å²) in [4.78, 5) is 26.1. The average molecular weight is 360 g/mol. The Morgan fingerprint density at radius 1 is 1.00 bits per heavy atom. The molecule has 2 heterocycles. The zero-order valence-electron chi connectivity index (χ0n) is 15.3. The van der Waals surface area contributed by atoms with Crippen LogP contribution in [0, 0.1) is 6.92 Å². The number of hydrogen-bond donors (Lipinski definition) is 0. The SMILES string of the molecule is Cc1cc(-c2ccc3c(c2)OCC(=O)N3Cc2ccccc2)cn(C)c1=O. The van der Waals surface area contributed by atoms with Crippen LogP contribution in [0.5, 0.6) is 5.75 Å². The van der Waals surface area contributed by atoms with Crippen molar-refractivity contribution in [2.45, 2.75) is 13.5 Å². The van der Waals surface area contributed by atoms with Crippen LogP contribution >= 0.6 is 0 Å². The molecule has 5 heteroatoms. The molecule has 0 bridgehead atoms. The lowest BCUT2D eigenvalue weighted by molar-refractivity contribution is -0.121. The first-order valence-corrected chi connectivity index (χ1v) is 8.82. The van der Waals surface area contributed by atoms with Gasteiger partial charge in [-0.1, -0.05) is 36.4 Å².